The highest BCUT2D eigenvalue weighted by Crippen LogP contribution is 2.37. The first-order chi connectivity index (χ1) is 17.2. The second-order valence-corrected chi connectivity index (χ2v) is 9.26. The summed E-state index contributed by atoms with van der Waals surface area (Å²) in [6, 6.07) is 3.00. The normalized spacial score (nSPS) is 17.4. The Kier molecular flexibility index (Phi) is 6.45. The molecule has 0 spiro atoms. The third kappa shape index (κ3) is 4.81. The number of benzene rings is 1. The summed E-state index contributed by atoms with van der Waals surface area (Å²) in [5.74, 6) is -0.181. The van der Waals surface area contributed by atoms with Gasteiger partial charge in [-0.2, -0.15) is 13.2 Å². The molecule has 8 nitrogen and oxygen atoms in total. The van der Waals surface area contributed by atoms with Crippen molar-refractivity contribution in [2.75, 3.05) is 43.4 Å². The number of piperidine rings is 1. The number of nitrogens with zero attached hydrogens (tertiary/aromatic N) is 6. The van der Waals surface area contributed by atoms with Crippen LogP contribution in [0.4, 0.5) is 29.2 Å². The zero-order valence-corrected chi connectivity index (χ0v) is 19.5. The summed E-state index contributed by atoms with van der Waals surface area (Å²) in [4.78, 5) is 17.0. The molecule has 4 heterocycles. The van der Waals surface area contributed by atoms with Gasteiger partial charge in [0.2, 0.25) is 5.75 Å². The van der Waals surface area contributed by atoms with Crippen molar-refractivity contribution < 1.29 is 22.7 Å². The largest absolute Gasteiger partial charge is 0.502 e. The minimum absolute atomic E-state index is 0.0193. The zero-order chi connectivity index (χ0) is 25.4. The van der Waals surface area contributed by atoms with Gasteiger partial charge in [0.25, 0.3) is 0 Å². The van der Waals surface area contributed by atoms with E-state index in [9.17, 15) is 22.7 Å². The average Bonchev–Trinajstić information content (AvgIpc) is 3.24. The molecule has 12 heteroatoms. The van der Waals surface area contributed by atoms with E-state index < -0.39 is 17.6 Å². The van der Waals surface area contributed by atoms with Gasteiger partial charge in [-0.3, -0.25) is 0 Å². The number of alkyl halides is 3. The molecule has 2 aliphatic heterocycles. The minimum Gasteiger partial charge on any atom is -0.502 e. The second-order valence-electron chi connectivity index (χ2n) is 9.26. The fourth-order valence-electron chi connectivity index (χ4n) is 4.79. The quantitative estimate of drug-likeness (QED) is 0.491. The molecular formula is C24H27F4N7O. The summed E-state index contributed by atoms with van der Waals surface area (Å²) in [5.41, 5.74) is 5.03. The summed E-state index contributed by atoms with van der Waals surface area (Å²) in [6.07, 6.45) is 0.874. The van der Waals surface area contributed by atoms with Gasteiger partial charge >= 0.3 is 6.18 Å². The average molecular weight is 506 g/mol. The van der Waals surface area contributed by atoms with Gasteiger partial charge in [0, 0.05) is 43.9 Å². The number of nitrogens with two attached hydrogens (primary N) is 1. The Hall–Kier alpha value is -3.41. The van der Waals surface area contributed by atoms with Gasteiger partial charge < -0.3 is 25.2 Å². The molecule has 0 aliphatic carbocycles. The van der Waals surface area contributed by atoms with Crippen molar-refractivity contribution in [1.29, 1.82) is 0 Å². The topological polar surface area (TPSA) is 96.3 Å². The number of rotatable bonds is 6. The van der Waals surface area contributed by atoms with Crippen molar-refractivity contribution in [3.63, 3.8) is 0 Å². The van der Waals surface area contributed by atoms with E-state index in [-0.39, 0.29) is 23.0 Å². The Labute approximate surface area is 205 Å². The number of anilines is 2. The van der Waals surface area contributed by atoms with E-state index in [2.05, 4.69) is 14.9 Å². The number of hydrogen-bond acceptors (Lipinski definition) is 7. The van der Waals surface area contributed by atoms with E-state index in [1.54, 1.807) is 6.20 Å². The predicted molar refractivity (Wildman–Crippen MR) is 126 cm³/mol. The fourth-order valence-corrected chi connectivity index (χ4v) is 4.79. The van der Waals surface area contributed by atoms with E-state index in [4.69, 9.17) is 10.7 Å². The van der Waals surface area contributed by atoms with E-state index in [1.165, 1.54) is 12.4 Å². The molecule has 3 aromatic rings. The molecular weight excluding hydrogens is 478 g/mol. The minimum atomic E-state index is -4.79. The SMILES string of the molecule is Nc1ncnc(N2CCC(c3nc(-c4ccc(F)c(C(F)(F)F)c4)cn3CCN3CCC3)CC2)c1O. The van der Waals surface area contributed by atoms with E-state index >= 15 is 0 Å². The van der Waals surface area contributed by atoms with Gasteiger partial charge in [-0.25, -0.2) is 19.3 Å². The second kappa shape index (κ2) is 9.57. The summed E-state index contributed by atoms with van der Waals surface area (Å²) in [5, 5.41) is 10.2. The van der Waals surface area contributed by atoms with Crippen LogP contribution in [-0.2, 0) is 12.7 Å². The van der Waals surface area contributed by atoms with Gasteiger partial charge in [0.15, 0.2) is 11.6 Å². The summed E-state index contributed by atoms with van der Waals surface area (Å²) >= 11 is 0. The van der Waals surface area contributed by atoms with Crippen LogP contribution in [0.25, 0.3) is 11.3 Å². The van der Waals surface area contributed by atoms with Crippen molar-refractivity contribution in [3.8, 4) is 17.0 Å². The van der Waals surface area contributed by atoms with Crippen molar-refractivity contribution in [3.05, 3.63) is 47.9 Å². The van der Waals surface area contributed by atoms with Crippen molar-refractivity contribution in [1.82, 2.24) is 24.4 Å². The lowest BCUT2D eigenvalue weighted by atomic mass is 9.95. The molecule has 3 N–H and O–H groups in total. The first kappa shape index (κ1) is 24.3. The van der Waals surface area contributed by atoms with E-state index in [1.807, 2.05) is 9.47 Å². The monoisotopic (exact) mass is 505 g/mol. The molecule has 5 rings (SSSR count). The maximum atomic E-state index is 13.9. The number of imidazole rings is 1. The molecule has 2 aliphatic rings. The third-order valence-corrected chi connectivity index (χ3v) is 6.97. The molecule has 0 unspecified atom stereocenters. The van der Waals surface area contributed by atoms with Crippen molar-refractivity contribution in [2.24, 2.45) is 0 Å². The van der Waals surface area contributed by atoms with Crippen LogP contribution < -0.4 is 10.6 Å². The van der Waals surface area contributed by atoms with Crippen LogP contribution in [0.3, 0.4) is 0 Å². The van der Waals surface area contributed by atoms with E-state index in [0.29, 0.717) is 44.0 Å². The van der Waals surface area contributed by atoms with Gasteiger partial charge in [0.05, 0.1) is 11.3 Å². The molecule has 0 amide bonds. The summed E-state index contributed by atoms with van der Waals surface area (Å²) < 4.78 is 55.8. The van der Waals surface area contributed by atoms with Crippen molar-refractivity contribution >= 4 is 11.6 Å². The zero-order valence-electron chi connectivity index (χ0n) is 19.5. The predicted octanol–water partition coefficient (Wildman–Crippen LogP) is 3.88. The summed E-state index contributed by atoms with van der Waals surface area (Å²) in [7, 11) is 0. The third-order valence-electron chi connectivity index (χ3n) is 6.97. The molecule has 0 bridgehead atoms. The lowest BCUT2D eigenvalue weighted by Gasteiger charge is -2.33. The first-order valence-electron chi connectivity index (χ1n) is 11.9. The Morgan fingerprint density at radius 1 is 1.06 bits per heavy atom. The first-order valence-corrected chi connectivity index (χ1v) is 11.9. The maximum Gasteiger partial charge on any atom is 0.419 e. The highest BCUT2D eigenvalue weighted by Gasteiger charge is 2.35. The van der Waals surface area contributed by atoms with Crippen LogP contribution in [0.2, 0.25) is 0 Å². The van der Waals surface area contributed by atoms with Crippen LogP contribution in [0.1, 0.15) is 36.6 Å². The Morgan fingerprint density at radius 3 is 2.47 bits per heavy atom. The van der Waals surface area contributed by atoms with Crippen LogP contribution in [0.5, 0.6) is 5.75 Å². The Morgan fingerprint density at radius 2 is 1.81 bits per heavy atom. The molecule has 2 saturated heterocycles. The number of nitrogen functional groups attached to an aromatic ring is 1. The van der Waals surface area contributed by atoms with Crippen molar-refractivity contribution in [2.45, 2.75) is 37.9 Å². The van der Waals surface area contributed by atoms with Gasteiger partial charge in [-0.05, 0) is 50.6 Å². The number of hydrogen-bond donors (Lipinski definition) is 2. The van der Waals surface area contributed by atoms with Crippen LogP contribution in [0, 0.1) is 5.82 Å². The molecule has 192 valence electrons. The highest BCUT2D eigenvalue weighted by atomic mass is 19.4. The number of halogens is 4. The molecule has 0 saturated carbocycles. The summed E-state index contributed by atoms with van der Waals surface area (Å²) in [6.45, 7) is 4.75. The Bertz CT molecular complexity index is 1230. The van der Waals surface area contributed by atoms with Crippen LogP contribution in [-0.4, -0.2) is 62.2 Å². The number of aromatic nitrogens is 4. The number of aromatic hydroxyl groups is 1. The highest BCUT2D eigenvalue weighted by molar-refractivity contribution is 5.62. The standard InChI is InChI=1S/C24H27F4N7O/c25-18-3-2-16(12-17(18)24(26,27)28)19-13-35(11-10-33-6-1-7-33)22(32-19)15-4-8-34(9-5-15)23-20(36)21(29)30-14-31-23/h2-3,12-15,36H,1,4-11H2,(H2,29,30,31). The van der Waals surface area contributed by atoms with E-state index in [0.717, 1.165) is 44.0 Å². The molecule has 0 radical (unpaired) electrons. The van der Waals surface area contributed by atoms with Crippen LogP contribution >= 0.6 is 0 Å². The van der Waals surface area contributed by atoms with Gasteiger partial charge in [-0.1, -0.05) is 0 Å². The molecule has 1 aromatic carbocycles. The molecule has 2 fully saturated rings. The smallest absolute Gasteiger partial charge is 0.419 e. The molecule has 2 aromatic heterocycles. The Balaban J connectivity index is 1.40. The number of likely N-dealkylation sites (tertiary alicyclic amines) is 1. The fraction of sp³-hybridized carbons (Fsp3) is 0.458. The van der Waals surface area contributed by atoms with Gasteiger partial charge in [-0.15, -0.1) is 0 Å². The lowest BCUT2D eigenvalue weighted by molar-refractivity contribution is -0.139. The maximum absolute atomic E-state index is 13.9. The van der Waals surface area contributed by atoms with Crippen LogP contribution in [0.15, 0.2) is 30.7 Å². The molecule has 0 atom stereocenters. The van der Waals surface area contributed by atoms with Gasteiger partial charge in [0.1, 0.15) is 18.0 Å². The molecule has 36 heavy (non-hydrogen) atoms. The lowest BCUT2D eigenvalue weighted by Crippen LogP contribution is -2.39.